The van der Waals surface area contributed by atoms with Crippen molar-refractivity contribution in [1.29, 1.82) is 0 Å². The Labute approximate surface area is 261 Å². The molecule has 0 fully saturated rings. The molecule has 0 radical (unpaired) electrons. The van der Waals surface area contributed by atoms with Gasteiger partial charge in [-0.25, -0.2) is 4.79 Å². The number of fused-ring (bicyclic) bond motifs is 1. The predicted molar refractivity (Wildman–Crippen MR) is 174 cm³/mol. The first-order chi connectivity index (χ1) is 21.2. The van der Waals surface area contributed by atoms with Crippen LogP contribution in [0.3, 0.4) is 0 Å². The lowest BCUT2D eigenvalue weighted by Crippen LogP contribution is -2.51. The summed E-state index contributed by atoms with van der Waals surface area (Å²) in [5, 5.41) is 11.8. The van der Waals surface area contributed by atoms with Crippen molar-refractivity contribution in [2.45, 2.75) is 49.8 Å². The van der Waals surface area contributed by atoms with Gasteiger partial charge in [-0.3, -0.25) is 9.59 Å². The van der Waals surface area contributed by atoms with Crippen LogP contribution in [0.2, 0.25) is 0 Å². The summed E-state index contributed by atoms with van der Waals surface area (Å²) in [5.74, 6) is 0.883. The number of hydrogen-bond donors (Lipinski definition) is 4. The van der Waals surface area contributed by atoms with E-state index in [0.717, 1.165) is 33.0 Å². The molecule has 4 N–H and O–H groups in total. The molecule has 1 aliphatic rings. The highest BCUT2D eigenvalue weighted by atomic mass is 32.2. The van der Waals surface area contributed by atoms with Crippen LogP contribution < -0.4 is 26.2 Å². The summed E-state index contributed by atoms with van der Waals surface area (Å²) in [5.41, 5.74) is 3.78. The number of rotatable bonds is 10. The van der Waals surface area contributed by atoms with E-state index in [9.17, 15) is 14.4 Å². The van der Waals surface area contributed by atoms with Crippen LogP contribution in [0.4, 0.5) is 16.2 Å². The summed E-state index contributed by atoms with van der Waals surface area (Å²) in [6.07, 6.45) is 1.82. The van der Waals surface area contributed by atoms with E-state index in [0.29, 0.717) is 24.5 Å². The third-order valence-electron chi connectivity index (χ3n) is 7.39. The lowest BCUT2D eigenvalue weighted by molar-refractivity contribution is -0.127. The second-order valence-electron chi connectivity index (χ2n) is 11.3. The fraction of sp³-hybridized carbons (Fsp3) is 0.265. The van der Waals surface area contributed by atoms with Gasteiger partial charge in [0.1, 0.15) is 11.8 Å². The van der Waals surface area contributed by atoms with Crippen molar-refractivity contribution in [1.82, 2.24) is 16.0 Å². The molecule has 228 valence electrons. The number of hydrogen-bond acceptors (Lipinski definition) is 6. The van der Waals surface area contributed by atoms with Crippen LogP contribution in [0.15, 0.2) is 101 Å². The molecule has 1 atom stereocenters. The van der Waals surface area contributed by atoms with Crippen molar-refractivity contribution in [3.05, 3.63) is 103 Å². The van der Waals surface area contributed by atoms with Gasteiger partial charge in [-0.2, -0.15) is 0 Å². The molecule has 1 aromatic heterocycles. The Morgan fingerprint density at radius 1 is 0.977 bits per heavy atom. The maximum atomic E-state index is 14.0. The fourth-order valence-electron chi connectivity index (χ4n) is 5.07. The normalized spacial score (nSPS) is 14.8. The average molecular weight is 612 g/mol. The number of nitrogens with one attached hydrogen (secondary N) is 4. The molecule has 0 saturated heterocycles. The number of amides is 4. The number of benzene rings is 3. The number of anilines is 2. The minimum absolute atomic E-state index is 0.152. The minimum Gasteiger partial charge on any atom is -0.468 e. The van der Waals surface area contributed by atoms with Gasteiger partial charge in [-0.15, -0.1) is 11.8 Å². The zero-order valence-corrected chi connectivity index (χ0v) is 25.9. The lowest BCUT2D eigenvalue weighted by Gasteiger charge is -2.28. The first-order valence-corrected chi connectivity index (χ1v) is 15.5. The Hall–Kier alpha value is -4.54. The maximum absolute atomic E-state index is 14.0. The summed E-state index contributed by atoms with van der Waals surface area (Å²) >= 11 is 1.57. The number of nitrogens with zero attached hydrogens (tertiary/aromatic N) is 1. The molecule has 44 heavy (non-hydrogen) atoms. The number of thioether (sulfide) groups is 1. The van der Waals surface area contributed by atoms with E-state index in [1.165, 1.54) is 0 Å². The molecule has 0 unspecified atom stereocenters. The van der Waals surface area contributed by atoms with Crippen molar-refractivity contribution in [3.63, 3.8) is 0 Å². The van der Waals surface area contributed by atoms with Crippen molar-refractivity contribution in [3.8, 4) is 11.1 Å². The summed E-state index contributed by atoms with van der Waals surface area (Å²) in [6.45, 7) is 4.76. The standard InChI is InChI=1S/C34H37N5O4S/c1-34(2,36-20-25-9-8-18-43-25)19-31(40)37-28-22-44-30-13-7-6-12-29(30)39(32(28)41)21-23-14-16-24(17-15-23)26-10-4-5-11-27(26)38-33(42)35-3/h4-18,28,36H,19-22H2,1-3H3,(H,37,40)(H2,35,38,42)/t28-/m1/s1. The van der Waals surface area contributed by atoms with Crippen LogP contribution in [0, 0.1) is 0 Å². The molecule has 10 heteroatoms. The van der Waals surface area contributed by atoms with Gasteiger partial charge in [0.25, 0.3) is 5.91 Å². The van der Waals surface area contributed by atoms with Gasteiger partial charge >= 0.3 is 6.03 Å². The van der Waals surface area contributed by atoms with Gasteiger partial charge in [0.15, 0.2) is 0 Å². The second kappa shape index (κ2) is 13.8. The van der Waals surface area contributed by atoms with Crippen LogP contribution >= 0.6 is 11.8 Å². The SMILES string of the molecule is CNC(=O)Nc1ccccc1-c1ccc(CN2C(=O)[C@H](NC(=O)CC(C)(C)NCc3ccco3)CSc3ccccc32)cc1. The highest BCUT2D eigenvalue weighted by Crippen LogP contribution is 2.36. The Kier molecular flexibility index (Phi) is 9.72. The van der Waals surface area contributed by atoms with E-state index in [2.05, 4.69) is 21.3 Å². The van der Waals surface area contributed by atoms with E-state index >= 15 is 0 Å². The van der Waals surface area contributed by atoms with Gasteiger partial charge in [0.05, 0.1) is 30.7 Å². The number of urea groups is 1. The molecule has 5 rings (SSSR count). The summed E-state index contributed by atoms with van der Waals surface area (Å²) in [7, 11) is 1.57. The largest absolute Gasteiger partial charge is 0.468 e. The van der Waals surface area contributed by atoms with E-state index in [1.807, 2.05) is 98.8 Å². The molecule has 3 aromatic carbocycles. The lowest BCUT2D eigenvalue weighted by atomic mass is 9.99. The third kappa shape index (κ3) is 7.69. The molecular formula is C34H37N5O4S. The quantitative estimate of drug-likeness (QED) is 0.181. The summed E-state index contributed by atoms with van der Waals surface area (Å²) in [6, 6.07) is 26.1. The zero-order valence-electron chi connectivity index (χ0n) is 25.1. The Bertz CT molecular complexity index is 1600. The van der Waals surface area contributed by atoms with E-state index in [4.69, 9.17) is 4.42 Å². The smallest absolute Gasteiger partial charge is 0.318 e. The molecule has 0 aliphatic carbocycles. The Morgan fingerprint density at radius 2 is 1.73 bits per heavy atom. The molecule has 4 amide bonds. The minimum atomic E-state index is -0.678. The van der Waals surface area contributed by atoms with E-state index in [-0.39, 0.29) is 24.3 Å². The van der Waals surface area contributed by atoms with E-state index in [1.54, 1.807) is 30.0 Å². The second-order valence-corrected chi connectivity index (χ2v) is 12.3. The van der Waals surface area contributed by atoms with Crippen LogP contribution in [0.5, 0.6) is 0 Å². The van der Waals surface area contributed by atoms with Crippen molar-refractivity contribution >= 4 is 41.0 Å². The molecular weight excluding hydrogens is 574 g/mol. The maximum Gasteiger partial charge on any atom is 0.318 e. The molecule has 1 aliphatic heterocycles. The highest BCUT2D eigenvalue weighted by Gasteiger charge is 2.33. The van der Waals surface area contributed by atoms with Crippen molar-refractivity contribution in [2.75, 3.05) is 23.0 Å². The fourth-order valence-corrected chi connectivity index (χ4v) is 6.14. The third-order valence-corrected chi connectivity index (χ3v) is 8.55. The first-order valence-electron chi connectivity index (χ1n) is 14.5. The number of carbonyl (C=O) groups is 3. The molecule has 0 bridgehead atoms. The average Bonchev–Trinajstić information content (AvgIpc) is 3.51. The van der Waals surface area contributed by atoms with Gasteiger partial charge in [0, 0.05) is 35.2 Å². The Balaban J connectivity index is 1.30. The highest BCUT2D eigenvalue weighted by molar-refractivity contribution is 7.99. The monoisotopic (exact) mass is 611 g/mol. The van der Waals surface area contributed by atoms with Crippen molar-refractivity contribution < 1.29 is 18.8 Å². The number of para-hydroxylation sites is 2. The van der Waals surface area contributed by atoms with Crippen LogP contribution in [0.1, 0.15) is 31.6 Å². The van der Waals surface area contributed by atoms with Crippen molar-refractivity contribution in [2.24, 2.45) is 0 Å². The van der Waals surface area contributed by atoms with E-state index < -0.39 is 11.6 Å². The number of carbonyl (C=O) groups excluding carboxylic acids is 3. The predicted octanol–water partition coefficient (Wildman–Crippen LogP) is 5.78. The van der Waals surface area contributed by atoms with Crippen LogP contribution in [-0.4, -0.2) is 42.2 Å². The Morgan fingerprint density at radius 3 is 2.48 bits per heavy atom. The topological polar surface area (TPSA) is 116 Å². The van der Waals surface area contributed by atoms with Crippen LogP contribution in [-0.2, 0) is 22.7 Å². The first kappa shape index (κ1) is 30.9. The van der Waals surface area contributed by atoms with Gasteiger partial charge in [0.2, 0.25) is 5.91 Å². The molecule has 9 nitrogen and oxygen atoms in total. The van der Waals surface area contributed by atoms with Gasteiger partial charge in [-0.05, 0) is 55.3 Å². The summed E-state index contributed by atoms with van der Waals surface area (Å²) in [4.78, 5) is 41.9. The molecule has 2 heterocycles. The number of furan rings is 1. The summed E-state index contributed by atoms with van der Waals surface area (Å²) < 4.78 is 5.39. The van der Waals surface area contributed by atoms with Crippen LogP contribution in [0.25, 0.3) is 11.1 Å². The molecule has 4 aromatic rings. The zero-order chi connectivity index (χ0) is 31.1. The molecule has 0 spiro atoms. The van der Waals surface area contributed by atoms with Gasteiger partial charge < -0.3 is 30.6 Å². The molecule has 0 saturated carbocycles. The van der Waals surface area contributed by atoms with Gasteiger partial charge in [-0.1, -0.05) is 54.6 Å².